The van der Waals surface area contributed by atoms with Crippen molar-refractivity contribution < 1.29 is 0 Å². The maximum atomic E-state index is 2.58. The second-order valence-electron chi connectivity index (χ2n) is 19.2. The van der Waals surface area contributed by atoms with Crippen molar-refractivity contribution in [2.75, 3.05) is 0 Å². The normalized spacial score (nSPS) is 12.6. The van der Waals surface area contributed by atoms with Crippen molar-refractivity contribution >= 4 is 32.3 Å². The molecule has 8 aromatic rings. The molecule has 0 fully saturated rings. The first kappa shape index (κ1) is 37.5. The van der Waals surface area contributed by atoms with E-state index in [1.807, 2.05) is 0 Å². The van der Waals surface area contributed by atoms with E-state index in [9.17, 15) is 0 Å². The van der Waals surface area contributed by atoms with E-state index in [0.717, 1.165) is 0 Å². The number of fused-ring (bicyclic) bond motifs is 3. The molecule has 0 heterocycles. The van der Waals surface area contributed by atoms with Gasteiger partial charge in [-0.05, 0) is 142 Å². The van der Waals surface area contributed by atoms with Crippen molar-refractivity contribution in [2.45, 2.75) is 92.4 Å². The fraction of sp³-hybridized carbons (Fsp3) is 0.250. The molecule has 0 aliphatic carbocycles. The van der Waals surface area contributed by atoms with Crippen LogP contribution in [0.3, 0.4) is 0 Å². The van der Waals surface area contributed by atoms with Crippen molar-refractivity contribution in [1.29, 1.82) is 0 Å². The SMILES string of the molecule is Cc1ccc(-c2c3cc(C(C)(C)C)ccc3c(-c3ccccc3)c3c(-c4ccc(C)cc4)c4cc(C(C)(C)C)c(C(C)(C)C)cc4c(-c4ccccc4)c23)cc1. The van der Waals surface area contributed by atoms with Gasteiger partial charge in [-0.15, -0.1) is 0 Å². The number of benzene rings is 8. The van der Waals surface area contributed by atoms with Gasteiger partial charge in [0.1, 0.15) is 0 Å². The molecule has 280 valence electrons. The van der Waals surface area contributed by atoms with Gasteiger partial charge in [-0.2, -0.15) is 0 Å². The molecule has 0 aliphatic rings. The largest absolute Gasteiger partial charge is 0.0622 e. The molecule has 0 nitrogen and oxygen atoms in total. The Kier molecular flexibility index (Phi) is 9.12. The van der Waals surface area contributed by atoms with E-state index >= 15 is 0 Å². The Bertz CT molecular complexity index is 2740. The molecular formula is C56H56. The standard InChI is InChI=1S/C56H56/c1-35-22-26-39(27-23-35)50-43-32-41(54(3,4)5)30-31-42(43)48(37-18-14-12-15-19-37)52-51(40-28-24-36(2)25-29-40)45-34-47(56(9,10)11)46(55(6,7)8)33-44(45)49(53(50)52)38-20-16-13-17-21-38/h12-34H,1-11H3. The van der Waals surface area contributed by atoms with E-state index in [1.165, 1.54) is 105 Å². The molecule has 0 aromatic heterocycles. The van der Waals surface area contributed by atoms with E-state index in [-0.39, 0.29) is 16.2 Å². The quantitative estimate of drug-likeness (QED) is 0.158. The predicted molar refractivity (Wildman–Crippen MR) is 246 cm³/mol. The number of hydrogen-bond donors (Lipinski definition) is 0. The lowest BCUT2D eigenvalue weighted by Crippen LogP contribution is -2.22. The summed E-state index contributed by atoms with van der Waals surface area (Å²) in [5.41, 5.74) is 16.6. The summed E-state index contributed by atoms with van der Waals surface area (Å²) < 4.78 is 0. The van der Waals surface area contributed by atoms with E-state index in [4.69, 9.17) is 0 Å². The summed E-state index contributed by atoms with van der Waals surface area (Å²) in [6, 6.07) is 53.4. The van der Waals surface area contributed by atoms with Gasteiger partial charge in [0.25, 0.3) is 0 Å². The van der Waals surface area contributed by atoms with Crippen molar-refractivity contribution in [3.05, 3.63) is 167 Å². The summed E-state index contributed by atoms with van der Waals surface area (Å²) in [5.74, 6) is 0. The van der Waals surface area contributed by atoms with E-state index in [1.54, 1.807) is 0 Å². The van der Waals surface area contributed by atoms with Gasteiger partial charge < -0.3 is 0 Å². The molecule has 0 spiro atoms. The van der Waals surface area contributed by atoms with Gasteiger partial charge in [0.15, 0.2) is 0 Å². The second-order valence-corrected chi connectivity index (χ2v) is 19.2. The molecule has 0 radical (unpaired) electrons. The summed E-state index contributed by atoms with van der Waals surface area (Å²) in [5, 5.41) is 7.79. The molecule has 0 unspecified atom stereocenters. The van der Waals surface area contributed by atoms with Gasteiger partial charge in [-0.25, -0.2) is 0 Å². The van der Waals surface area contributed by atoms with Crippen LogP contribution in [0.1, 0.15) is 90.1 Å². The minimum Gasteiger partial charge on any atom is -0.0622 e. The van der Waals surface area contributed by atoms with E-state index in [2.05, 4.69) is 216 Å². The Hall–Kier alpha value is -5.46. The fourth-order valence-corrected chi connectivity index (χ4v) is 8.83. The third-order valence-electron chi connectivity index (χ3n) is 11.8. The molecule has 0 amide bonds. The number of rotatable bonds is 4. The van der Waals surface area contributed by atoms with Crippen LogP contribution in [0, 0.1) is 13.8 Å². The summed E-state index contributed by atoms with van der Waals surface area (Å²) in [6.07, 6.45) is 0. The van der Waals surface area contributed by atoms with Gasteiger partial charge in [-0.1, -0.05) is 195 Å². The van der Waals surface area contributed by atoms with E-state index in [0.29, 0.717) is 0 Å². The highest BCUT2D eigenvalue weighted by Crippen LogP contribution is 2.55. The maximum absolute atomic E-state index is 2.58. The minimum atomic E-state index is -0.0658. The molecule has 0 heteroatoms. The number of aryl methyl sites for hydroxylation is 2. The first-order chi connectivity index (χ1) is 26.5. The van der Waals surface area contributed by atoms with Gasteiger partial charge >= 0.3 is 0 Å². The van der Waals surface area contributed by atoms with Gasteiger partial charge in [0.05, 0.1) is 0 Å². The molecule has 8 rings (SSSR count). The zero-order valence-electron chi connectivity index (χ0n) is 35.3. The van der Waals surface area contributed by atoms with Crippen molar-refractivity contribution in [3.8, 4) is 44.5 Å². The lowest BCUT2D eigenvalue weighted by molar-refractivity contribution is 0.531. The Morgan fingerprint density at radius 1 is 0.304 bits per heavy atom. The van der Waals surface area contributed by atoms with Crippen LogP contribution in [0.4, 0.5) is 0 Å². The summed E-state index contributed by atoms with van der Waals surface area (Å²) in [7, 11) is 0. The van der Waals surface area contributed by atoms with Crippen molar-refractivity contribution in [3.63, 3.8) is 0 Å². The summed E-state index contributed by atoms with van der Waals surface area (Å²) in [6.45, 7) is 25.6. The topological polar surface area (TPSA) is 0 Å². The zero-order valence-corrected chi connectivity index (χ0v) is 35.3. The summed E-state index contributed by atoms with van der Waals surface area (Å²) >= 11 is 0. The van der Waals surface area contributed by atoms with Crippen LogP contribution in [-0.4, -0.2) is 0 Å². The lowest BCUT2D eigenvalue weighted by Gasteiger charge is -2.33. The van der Waals surface area contributed by atoms with Crippen LogP contribution in [-0.2, 0) is 16.2 Å². The fourth-order valence-electron chi connectivity index (χ4n) is 8.83. The van der Waals surface area contributed by atoms with Crippen LogP contribution in [0.5, 0.6) is 0 Å². The average Bonchev–Trinajstić information content (AvgIpc) is 3.16. The minimum absolute atomic E-state index is 0.0235. The Balaban J connectivity index is 1.81. The third-order valence-corrected chi connectivity index (χ3v) is 11.8. The molecule has 0 aliphatic heterocycles. The van der Waals surface area contributed by atoms with Crippen molar-refractivity contribution in [2.24, 2.45) is 0 Å². The molecule has 0 N–H and O–H groups in total. The number of hydrogen-bond acceptors (Lipinski definition) is 0. The highest BCUT2D eigenvalue weighted by atomic mass is 14.3. The summed E-state index contributed by atoms with van der Waals surface area (Å²) in [4.78, 5) is 0. The second kappa shape index (κ2) is 13.6. The predicted octanol–water partition coefficient (Wildman–Crippen LogP) is 16.3. The van der Waals surface area contributed by atoms with Crippen LogP contribution in [0.25, 0.3) is 76.8 Å². The molecular weight excluding hydrogens is 673 g/mol. The third kappa shape index (κ3) is 6.54. The highest BCUT2D eigenvalue weighted by Gasteiger charge is 2.31. The lowest BCUT2D eigenvalue weighted by atomic mass is 9.71. The zero-order chi connectivity index (χ0) is 39.7. The molecule has 0 saturated carbocycles. The van der Waals surface area contributed by atoms with E-state index < -0.39 is 0 Å². The van der Waals surface area contributed by atoms with Crippen LogP contribution >= 0.6 is 0 Å². The molecule has 0 bridgehead atoms. The molecule has 8 aromatic carbocycles. The Morgan fingerprint density at radius 3 is 1.00 bits per heavy atom. The van der Waals surface area contributed by atoms with Gasteiger partial charge in [0, 0.05) is 0 Å². The highest BCUT2D eigenvalue weighted by molar-refractivity contribution is 6.34. The first-order valence-corrected chi connectivity index (χ1v) is 20.4. The van der Waals surface area contributed by atoms with Crippen molar-refractivity contribution in [1.82, 2.24) is 0 Å². The molecule has 0 saturated heterocycles. The van der Waals surface area contributed by atoms with Crippen LogP contribution < -0.4 is 0 Å². The molecule has 0 atom stereocenters. The smallest absolute Gasteiger partial charge is 0.000139 e. The monoisotopic (exact) mass is 728 g/mol. The Morgan fingerprint density at radius 2 is 0.643 bits per heavy atom. The van der Waals surface area contributed by atoms with Gasteiger partial charge in [-0.3, -0.25) is 0 Å². The Labute approximate surface area is 335 Å². The average molecular weight is 729 g/mol. The van der Waals surface area contributed by atoms with Crippen LogP contribution in [0.15, 0.2) is 140 Å². The van der Waals surface area contributed by atoms with Gasteiger partial charge in [0.2, 0.25) is 0 Å². The maximum Gasteiger partial charge on any atom is -0.000139 e. The molecule has 56 heavy (non-hydrogen) atoms. The van der Waals surface area contributed by atoms with Crippen LogP contribution in [0.2, 0.25) is 0 Å². The first-order valence-electron chi connectivity index (χ1n) is 20.4.